The molecule has 0 aliphatic rings. The van der Waals surface area contributed by atoms with Gasteiger partial charge in [0.1, 0.15) is 4.49 Å². The summed E-state index contributed by atoms with van der Waals surface area (Å²) in [4.78, 5) is 0. The van der Waals surface area contributed by atoms with Crippen molar-refractivity contribution in [2.45, 2.75) is 6.18 Å². The monoisotopic (exact) mass is 428 g/mol. The molecule has 0 fully saturated rings. The summed E-state index contributed by atoms with van der Waals surface area (Å²) in [6.45, 7) is 0. The van der Waals surface area contributed by atoms with E-state index in [-0.39, 0.29) is 8.96 Å². The third-order valence-corrected chi connectivity index (χ3v) is 4.17. The van der Waals surface area contributed by atoms with Crippen molar-refractivity contribution in [2.24, 2.45) is 0 Å². The molecule has 0 radical (unpaired) electrons. The van der Waals surface area contributed by atoms with Crippen LogP contribution in [0.15, 0.2) is 51.4 Å². The molecule has 2 rings (SSSR count). The Bertz CT molecular complexity index is 718. The first-order valence-electron chi connectivity index (χ1n) is 5.88. The first-order valence-corrected chi connectivity index (χ1v) is 7.81. The van der Waals surface area contributed by atoms with Crippen molar-refractivity contribution in [3.05, 3.63) is 73.1 Å². The van der Waals surface area contributed by atoms with Gasteiger partial charge in [0.2, 0.25) is 0 Å². The molecule has 0 amide bonds. The molecule has 0 aliphatic carbocycles. The summed E-state index contributed by atoms with van der Waals surface area (Å²) in [7, 11) is 0. The Morgan fingerprint density at radius 2 is 1.45 bits per heavy atom. The molecule has 0 atom stereocenters. The van der Waals surface area contributed by atoms with E-state index < -0.39 is 11.7 Å². The molecule has 0 unspecified atom stereocenters. The van der Waals surface area contributed by atoms with E-state index in [9.17, 15) is 13.2 Å². The van der Waals surface area contributed by atoms with Gasteiger partial charge in [-0.2, -0.15) is 13.2 Å². The highest BCUT2D eigenvalue weighted by Gasteiger charge is 2.33. The van der Waals surface area contributed by atoms with Crippen molar-refractivity contribution >= 4 is 56.3 Å². The Balaban J connectivity index is 2.54. The number of hydrogen-bond donors (Lipinski definition) is 0. The standard InChI is InChI=1S/C15H7BrCl3F3/c16-12-7-9(3-6-11(12)15(20,21)22)13(14(18)19)8-1-4-10(17)5-2-8/h1-7H. The van der Waals surface area contributed by atoms with E-state index >= 15 is 0 Å². The normalized spacial score (nSPS) is 11.4. The topological polar surface area (TPSA) is 0 Å². The molecular formula is C15H7BrCl3F3. The predicted molar refractivity (Wildman–Crippen MR) is 88.3 cm³/mol. The van der Waals surface area contributed by atoms with Crippen LogP contribution < -0.4 is 0 Å². The van der Waals surface area contributed by atoms with Gasteiger partial charge >= 0.3 is 6.18 Å². The quantitative estimate of drug-likeness (QED) is 0.468. The van der Waals surface area contributed by atoms with Gasteiger partial charge in [0.25, 0.3) is 0 Å². The van der Waals surface area contributed by atoms with Crippen LogP contribution in [-0.2, 0) is 6.18 Å². The smallest absolute Gasteiger partial charge is 0.166 e. The van der Waals surface area contributed by atoms with Gasteiger partial charge in [0, 0.05) is 15.1 Å². The largest absolute Gasteiger partial charge is 0.417 e. The SMILES string of the molecule is FC(F)(F)c1ccc(C(=C(Cl)Cl)c2ccc(Cl)cc2)cc1Br. The van der Waals surface area contributed by atoms with E-state index in [1.165, 1.54) is 12.1 Å². The van der Waals surface area contributed by atoms with Crippen LogP contribution in [-0.4, -0.2) is 0 Å². The maximum absolute atomic E-state index is 12.8. The van der Waals surface area contributed by atoms with Crippen LogP contribution in [0.2, 0.25) is 5.02 Å². The van der Waals surface area contributed by atoms with Crippen molar-refractivity contribution in [1.29, 1.82) is 0 Å². The molecule has 0 nitrogen and oxygen atoms in total. The number of rotatable bonds is 2. The predicted octanol–water partition coefficient (Wildman–Crippen LogP) is 7.32. The molecule has 0 N–H and O–H groups in total. The minimum absolute atomic E-state index is 0.0472. The van der Waals surface area contributed by atoms with Gasteiger partial charge in [-0.25, -0.2) is 0 Å². The van der Waals surface area contributed by atoms with Gasteiger partial charge in [0.15, 0.2) is 0 Å². The van der Waals surface area contributed by atoms with E-state index in [0.29, 0.717) is 21.7 Å². The van der Waals surface area contributed by atoms with Gasteiger partial charge in [-0.1, -0.05) is 68.9 Å². The van der Waals surface area contributed by atoms with Gasteiger partial charge < -0.3 is 0 Å². The zero-order valence-corrected chi connectivity index (χ0v) is 14.5. The molecule has 0 aromatic heterocycles. The van der Waals surface area contributed by atoms with E-state index in [0.717, 1.165) is 6.07 Å². The molecule has 7 heteroatoms. The minimum Gasteiger partial charge on any atom is -0.166 e. The maximum Gasteiger partial charge on any atom is 0.417 e. The van der Waals surface area contributed by atoms with Crippen LogP contribution in [0.5, 0.6) is 0 Å². The van der Waals surface area contributed by atoms with Crippen LogP contribution in [0.25, 0.3) is 5.57 Å². The molecule has 0 bridgehead atoms. The summed E-state index contributed by atoms with van der Waals surface area (Å²) in [5.41, 5.74) is 0.769. The van der Waals surface area contributed by atoms with E-state index in [2.05, 4.69) is 15.9 Å². The Morgan fingerprint density at radius 1 is 0.909 bits per heavy atom. The third-order valence-electron chi connectivity index (χ3n) is 2.89. The molecule has 0 saturated heterocycles. The Kier molecular flexibility index (Phi) is 5.49. The molecule has 22 heavy (non-hydrogen) atoms. The zero-order valence-electron chi connectivity index (χ0n) is 10.7. The highest BCUT2D eigenvalue weighted by Crippen LogP contribution is 2.38. The van der Waals surface area contributed by atoms with Crippen LogP contribution >= 0.6 is 50.7 Å². The lowest BCUT2D eigenvalue weighted by atomic mass is 9.98. The second-order valence-corrected chi connectivity index (χ2v) is 6.57. The summed E-state index contributed by atoms with van der Waals surface area (Å²) in [6.07, 6.45) is -4.44. The van der Waals surface area contributed by atoms with Gasteiger partial charge in [-0.3, -0.25) is 0 Å². The molecular weight excluding hydrogens is 423 g/mol. The van der Waals surface area contributed by atoms with Crippen LogP contribution in [0.3, 0.4) is 0 Å². The fourth-order valence-electron chi connectivity index (χ4n) is 1.90. The number of alkyl halides is 3. The van der Waals surface area contributed by atoms with Crippen molar-refractivity contribution < 1.29 is 13.2 Å². The fraction of sp³-hybridized carbons (Fsp3) is 0.0667. The maximum atomic E-state index is 12.8. The highest BCUT2D eigenvalue weighted by atomic mass is 79.9. The lowest BCUT2D eigenvalue weighted by molar-refractivity contribution is -0.138. The second kappa shape index (κ2) is 6.83. The Hall–Kier alpha value is -0.680. The van der Waals surface area contributed by atoms with E-state index in [4.69, 9.17) is 34.8 Å². The number of benzene rings is 2. The Labute approximate surface area is 148 Å². The number of hydrogen-bond acceptors (Lipinski definition) is 0. The second-order valence-electron chi connectivity index (χ2n) is 4.33. The molecule has 0 spiro atoms. The first kappa shape index (κ1) is 17.7. The van der Waals surface area contributed by atoms with Gasteiger partial charge in [0.05, 0.1) is 5.56 Å². The van der Waals surface area contributed by atoms with Crippen molar-refractivity contribution in [3.8, 4) is 0 Å². The van der Waals surface area contributed by atoms with Gasteiger partial charge in [-0.15, -0.1) is 0 Å². The lowest BCUT2D eigenvalue weighted by Gasteiger charge is -2.13. The van der Waals surface area contributed by atoms with Crippen LogP contribution in [0.1, 0.15) is 16.7 Å². The van der Waals surface area contributed by atoms with Crippen LogP contribution in [0, 0.1) is 0 Å². The van der Waals surface area contributed by atoms with Crippen molar-refractivity contribution in [2.75, 3.05) is 0 Å². The average molecular weight is 430 g/mol. The highest BCUT2D eigenvalue weighted by molar-refractivity contribution is 9.10. The van der Waals surface area contributed by atoms with Gasteiger partial charge in [-0.05, 0) is 35.4 Å². The number of halogens is 7. The molecule has 0 heterocycles. The average Bonchev–Trinajstić information content (AvgIpc) is 2.39. The third kappa shape index (κ3) is 3.99. The molecule has 0 saturated carbocycles. The first-order chi connectivity index (χ1) is 10.2. The molecule has 0 aliphatic heterocycles. The summed E-state index contributed by atoms with van der Waals surface area (Å²) in [5.74, 6) is 0. The summed E-state index contributed by atoms with van der Waals surface area (Å²) in [6, 6.07) is 10.3. The van der Waals surface area contributed by atoms with Crippen LogP contribution in [0.4, 0.5) is 13.2 Å². The van der Waals surface area contributed by atoms with E-state index in [1.54, 1.807) is 24.3 Å². The van der Waals surface area contributed by atoms with Crippen molar-refractivity contribution in [1.82, 2.24) is 0 Å². The fourth-order valence-corrected chi connectivity index (χ4v) is 3.07. The zero-order chi connectivity index (χ0) is 16.5. The lowest BCUT2D eigenvalue weighted by Crippen LogP contribution is -2.06. The van der Waals surface area contributed by atoms with Crippen molar-refractivity contribution in [3.63, 3.8) is 0 Å². The summed E-state index contributed by atoms with van der Waals surface area (Å²) >= 11 is 20.6. The minimum atomic E-state index is -4.44. The molecule has 2 aromatic carbocycles. The molecule has 2 aromatic rings. The van der Waals surface area contributed by atoms with E-state index in [1.807, 2.05) is 0 Å². The summed E-state index contributed by atoms with van der Waals surface area (Å²) in [5, 5.41) is 0.530. The molecule has 116 valence electrons. The summed E-state index contributed by atoms with van der Waals surface area (Å²) < 4.78 is 38.3. The Morgan fingerprint density at radius 3 is 1.91 bits per heavy atom.